The second-order valence-electron chi connectivity index (χ2n) is 3.93. The van der Waals surface area contributed by atoms with Crippen LogP contribution in [0.2, 0.25) is 0 Å². The van der Waals surface area contributed by atoms with Gasteiger partial charge in [0.1, 0.15) is 5.75 Å². The maximum Gasteiger partial charge on any atom is 0.120 e. The molecule has 1 nitrogen and oxygen atoms in total. The van der Waals surface area contributed by atoms with Crippen LogP contribution in [-0.4, -0.2) is 11.9 Å². The van der Waals surface area contributed by atoms with Gasteiger partial charge in [-0.15, -0.1) is 0 Å². The van der Waals surface area contributed by atoms with E-state index in [4.69, 9.17) is 4.74 Å². The first-order valence-corrected chi connectivity index (χ1v) is 6.99. The van der Waals surface area contributed by atoms with E-state index >= 15 is 0 Å². The van der Waals surface area contributed by atoms with Gasteiger partial charge in [0.2, 0.25) is 0 Å². The van der Waals surface area contributed by atoms with E-state index in [9.17, 15) is 0 Å². The molecule has 0 aliphatic rings. The third kappa shape index (κ3) is 4.56. The molecule has 0 bridgehead atoms. The molecule has 3 heteroatoms. The smallest absolute Gasteiger partial charge is 0.120 e. The molecule has 0 fully saturated rings. The summed E-state index contributed by atoms with van der Waals surface area (Å²) in [5.41, 5.74) is 0. The zero-order chi connectivity index (χ0) is 11.3. The van der Waals surface area contributed by atoms with Gasteiger partial charge in [-0.2, -0.15) is 0 Å². The summed E-state index contributed by atoms with van der Waals surface area (Å²) in [7, 11) is 0. The molecule has 0 spiro atoms. The van der Waals surface area contributed by atoms with Crippen LogP contribution in [0.15, 0.2) is 28.7 Å². The molecule has 0 N–H and O–H groups in total. The number of alkyl halides is 1. The van der Waals surface area contributed by atoms with E-state index in [1.807, 2.05) is 24.3 Å². The first kappa shape index (κ1) is 13.0. The standard InChI is InChI=1S/C12H16Br2O/c1-9(2)10(7-13)8-15-12-5-3-4-11(14)6-12/h3-6,9-10H,7-8H2,1-2H3. The fourth-order valence-electron chi connectivity index (χ4n) is 1.18. The lowest BCUT2D eigenvalue weighted by Gasteiger charge is -2.18. The molecule has 1 aromatic rings. The lowest BCUT2D eigenvalue weighted by molar-refractivity contribution is 0.227. The average Bonchev–Trinajstić information content (AvgIpc) is 2.18. The highest BCUT2D eigenvalue weighted by atomic mass is 79.9. The third-order valence-corrected chi connectivity index (χ3v) is 3.73. The number of benzene rings is 1. The van der Waals surface area contributed by atoms with E-state index in [1.165, 1.54) is 0 Å². The maximum atomic E-state index is 5.74. The molecule has 0 aromatic heterocycles. The Balaban J connectivity index is 2.49. The molecular formula is C12H16Br2O. The highest BCUT2D eigenvalue weighted by molar-refractivity contribution is 9.10. The minimum absolute atomic E-state index is 0.559. The molecule has 84 valence electrons. The predicted molar refractivity (Wildman–Crippen MR) is 71.8 cm³/mol. The van der Waals surface area contributed by atoms with Gasteiger partial charge < -0.3 is 4.74 Å². The number of hydrogen-bond acceptors (Lipinski definition) is 1. The molecule has 1 aromatic carbocycles. The zero-order valence-corrected chi connectivity index (χ0v) is 12.2. The fourth-order valence-corrected chi connectivity index (χ4v) is 2.49. The van der Waals surface area contributed by atoms with Crippen molar-refractivity contribution in [1.82, 2.24) is 0 Å². The van der Waals surface area contributed by atoms with E-state index in [0.29, 0.717) is 11.8 Å². The van der Waals surface area contributed by atoms with Gasteiger partial charge in [-0.3, -0.25) is 0 Å². The molecule has 0 heterocycles. The average molecular weight is 336 g/mol. The fraction of sp³-hybridized carbons (Fsp3) is 0.500. The molecule has 0 aliphatic heterocycles. The summed E-state index contributed by atoms with van der Waals surface area (Å²) in [5, 5.41) is 0.985. The van der Waals surface area contributed by atoms with Crippen LogP contribution in [0, 0.1) is 11.8 Å². The van der Waals surface area contributed by atoms with Crippen molar-refractivity contribution in [2.24, 2.45) is 11.8 Å². The second kappa shape index (κ2) is 6.54. The van der Waals surface area contributed by atoms with Crippen molar-refractivity contribution in [2.75, 3.05) is 11.9 Å². The Bertz CT molecular complexity index is 299. The Morgan fingerprint density at radius 1 is 1.33 bits per heavy atom. The largest absolute Gasteiger partial charge is 0.493 e. The molecule has 0 aliphatic carbocycles. The number of rotatable bonds is 5. The van der Waals surface area contributed by atoms with E-state index in [2.05, 4.69) is 45.7 Å². The molecule has 1 atom stereocenters. The van der Waals surface area contributed by atoms with E-state index in [-0.39, 0.29) is 0 Å². The predicted octanol–water partition coefficient (Wildman–Crippen LogP) is 4.50. The highest BCUT2D eigenvalue weighted by Crippen LogP contribution is 2.20. The van der Waals surface area contributed by atoms with Gasteiger partial charge in [0.25, 0.3) is 0 Å². The topological polar surface area (TPSA) is 9.23 Å². The summed E-state index contributed by atoms with van der Waals surface area (Å²) in [6, 6.07) is 7.96. The van der Waals surface area contributed by atoms with Crippen LogP contribution < -0.4 is 4.74 Å². The van der Waals surface area contributed by atoms with Crippen LogP contribution in [0.1, 0.15) is 13.8 Å². The summed E-state index contributed by atoms with van der Waals surface area (Å²) in [4.78, 5) is 0. The molecule has 0 saturated heterocycles. The van der Waals surface area contributed by atoms with Crippen molar-refractivity contribution in [3.05, 3.63) is 28.7 Å². The van der Waals surface area contributed by atoms with Crippen LogP contribution in [0.5, 0.6) is 5.75 Å². The van der Waals surface area contributed by atoms with Crippen LogP contribution in [0.4, 0.5) is 0 Å². The normalized spacial score (nSPS) is 12.9. The summed E-state index contributed by atoms with van der Waals surface area (Å²) >= 11 is 6.94. The quantitative estimate of drug-likeness (QED) is 0.720. The number of hydrogen-bond donors (Lipinski definition) is 0. The lowest BCUT2D eigenvalue weighted by Crippen LogP contribution is -2.19. The van der Waals surface area contributed by atoms with Gasteiger partial charge in [0, 0.05) is 15.7 Å². The van der Waals surface area contributed by atoms with Gasteiger partial charge in [-0.25, -0.2) is 0 Å². The van der Waals surface area contributed by atoms with Gasteiger partial charge in [-0.05, 0) is 24.1 Å². The van der Waals surface area contributed by atoms with Gasteiger partial charge in [-0.1, -0.05) is 51.8 Å². The molecular weight excluding hydrogens is 320 g/mol. The Morgan fingerprint density at radius 2 is 2.07 bits per heavy atom. The molecule has 0 radical (unpaired) electrons. The molecule has 1 unspecified atom stereocenters. The minimum Gasteiger partial charge on any atom is -0.493 e. The van der Waals surface area contributed by atoms with Crippen molar-refractivity contribution in [3.8, 4) is 5.75 Å². The van der Waals surface area contributed by atoms with Crippen LogP contribution >= 0.6 is 31.9 Å². The lowest BCUT2D eigenvalue weighted by atomic mass is 9.99. The molecule has 0 saturated carbocycles. The van der Waals surface area contributed by atoms with Gasteiger partial charge >= 0.3 is 0 Å². The zero-order valence-electron chi connectivity index (χ0n) is 9.04. The van der Waals surface area contributed by atoms with E-state index in [0.717, 1.165) is 22.2 Å². The second-order valence-corrected chi connectivity index (χ2v) is 5.49. The van der Waals surface area contributed by atoms with Crippen LogP contribution in [0.25, 0.3) is 0 Å². The van der Waals surface area contributed by atoms with Crippen LogP contribution in [0.3, 0.4) is 0 Å². The molecule has 1 rings (SSSR count). The first-order valence-electron chi connectivity index (χ1n) is 5.07. The number of ether oxygens (including phenoxy) is 1. The summed E-state index contributed by atoms with van der Waals surface area (Å²) in [5.74, 6) is 2.12. The van der Waals surface area contributed by atoms with Crippen molar-refractivity contribution in [2.45, 2.75) is 13.8 Å². The SMILES string of the molecule is CC(C)C(CBr)COc1cccc(Br)c1. The highest BCUT2D eigenvalue weighted by Gasteiger charge is 2.12. The van der Waals surface area contributed by atoms with E-state index in [1.54, 1.807) is 0 Å². The summed E-state index contributed by atoms with van der Waals surface area (Å²) < 4.78 is 6.80. The summed E-state index contributed by atoms with van der Waals surface area (Å²) in [6.45, 7) is 5.20. The first-order chi connectivity index (χ1) is 7.13. The Labute approximate surface area is 108 Å². The maximum absolute atomic E-state index is 5.74. The van der Waals surface area contributed by atoms with Gasteiger partial charge in [0.05, 0.1) is 6.61 Å². The molecule has 15 heavy (non-hydrogen) atoms. The van der Waals surface area contributed by atoms with Crippen molar-refractivity contribution in [1.29, 1.82) is 0 Å². The molecule has 0 amide bonds. The van der Waals surface area contributed by atoms with Gasteiger partial charge in [0.15, 0.2) is 0 Å². The van der Waals surface area contributed by atoms with E-state index < -0.39 is 0 Å². The summed E-state index contributed by atoms with van der Waals surface area (Å²) in [6.07, 6.45) is 0. The Morgan fingerprint density at radius 3 is 2.60 bits per heavy atom. The Kier molecular flexibility index (Phi) is 5.69. The third-order valence-electron chi connectivity index (χ3n) is 2.40. The Hall–Kier alpha value is -0.0200. The van der Waals surface area contributed by atoms with Crippen molar-refractivity contribution in [3.63, 3.8) is 0 Å². The number of halogens is 2. The van der Waals surface area contributed by atoms with Crippen LogP contribution in [-0.2, 0) is 0 Å². The van der Waals surface area contributed by atoms with Crippen molar-refractivity contribution >= 4 is 31.9 Å². The van der Waals surface area contributed by atoms with Crippen molar-refractivity contribution < 1.29 is 4.74 Å². The monoisotopic (exact) mass is 334 g/mol. The minimum atomic E-state index is 0.559.